The van der Waals surface area contributed by atoms with Crippen molar-refractivity contribution >= 4 is 23.8 Å². The molecule has 0 saturated carbocycles. The maximum atomic E-state index is 14.0. The van der Waals surface area contributed by atoms with Crippen molar-refractivity contribution in [2.24, 2.45) is 5.92 Å². The van der Waals surface area contributed by atoms with Gasteiger partial charge < -0.3 is 14.2 Å². The lowest BCUT2D eigenvalue weighted by atomic mass is 9.79. The van der Waals surface area contributed by atoms with Crippen molar-refractivity contribution in [1.82, 2.24) is 4.90 Å². The number of likely N-dealkylation sites (tertiary alicyclic amines) is 1. The molecule has 0 aromatic heterocycles. The van der Waals surface area contributed by atoms with Crippen molar-refractivity contribution < 1.29 is 33.4 Å². The van der Waals surface area contributed by atoms with E-state index in [0.29, 0.717) is 19.4 Å². The summed E-state index contributed by atoms with van der Waals surface area (Å²) in [6.07, 6.45) is -0.367. The summed E-state index contributed by atoms with van der Waals surface area (Å²) in [5, 5.41) is 0. The van der Waals surface area contributed by atoms with Crippen LogP contribution < -0.4 is 0 Å². The first-order chi connectivity index (χ1) is 17.3. The number of esters is 2. The normalized spacial score (nSPS) is 18.7. The molecule has 8 nitrogen and oxygen atoms in total. The van der Waals surface area contributed by atoms with E-state index in [1.165, 1.54) is 18.9 Å². The van der Waals surface area contributed by atoms with Crippen LogP contribution in [0.1, 0.15) is 44.2 Å². The molecule has 1 amide bonds. The molecule has 3 rings (SSSR count). The molecule has 1 heterocycles. The molecule has 1 fully saturated rings. The van der Waals surface area contributed by atoms with Crippen LogP contribution in [0.15, 0.2) is 60.7 Å². The number of rotatable bonds is 10. The smallest absolute Gasteiger partial charge is 0.410 e. The van der Waals surface area contributed by atoms with Gasteiger partial charge in [0.05, 0.1) is 7.11 Å². The van der Waals surface area contributed by atoms with Crippen LogP contribution in [0.5, 0.6) is 0 Å². The average Bonchev–Trinajstić information content (AvgIpc) is 3.30. The maximum Gasteiger partial charge on any atom is 0.410 e. The van der Waals surface area contributed by atoms with Gasteiger partial charge in [-0.1, -0.05) is 60.7 Å². The van der Waals surface area contributed by atoms with Crippen LogP contribution >= 0.6 is 0 Å². The van der Waals surface area contributed by atoms with E-state index in [2.05, 4.69) is 0 Å². The van der Waals surface area contributed by atoms with Crippen LogP contribution in [-0.2, 0) is 41.6 Å². The van der Waals surface area contributed by atoms with Crippen LogP contribution in [0.3, 0.4) is 0 Å². The van der Waals surface area contributed by atoms with Crippen molar-refractivity contribution in [2.45, 2.75) is 57.8 Å². The molecule has 0 radical (unpaired) electrons. The van der Waals surface area contributed by atoms with E-state index in [1.807, 2.05) is 60.7 Å². The highest BCUT2D eigenvalue weighted by Crippen LogP contribution is 2.37. The standard InChI is InChI=1S/C28H33NO7/c1-20(36-21(2)30)24(26(32)34-3)17-25(31)28(18-22-11-6-4-7-12-22)15-10-16-29(28)27(33)35-19-23-13-8-5-9-14-23/h4-9,11-14,20,24H,10,15-19H2,1-3H3/t20-,24+,28?/m1/s1. The number of methoxy groups -OCH3 is 1. The van der Waals surface area contributed by atoms with Gasteiger partial charge in [-0.25, -0.2) is 4.79 Å². The number of amides is 1. The molecule has 2 aromatic rings. The highest BCUT2D eigenvalue weighted by molar-refractivity contribution is 5.95. The third kappa shape index (κ3) is 6.50. The Labute approximate surface area is 211 Å². The molecule has 0 spiro atoms. The molecule has 1 saturated heterocycles. The lowest BCUT2D eigenvalue weighted by Crippen LogP contribution is -2.55. The Morgan fingerprint density at radius 3 is 2.17 bits per heavy atom. The zero-order valence-electron chi connectivity index (χ0n) is 21.0. The maximum absolute atomic E-state index is 14.0. The Kier molecular flexibility index (Phi) is 9.22. The van der Waals surface area contributed by atoms with Crippen molar-refractivity contribution in [2.75, 3.05) is 13.7 Å². The molecule has 0 N–H and O–H groups in total. The van der Waals surface area contributed by atoms with Crippen LogP contribution in [-0.4, -0.2) is 54.0 Å². The molecule has 1 unspecified atom stereocenters. The molecule has 3 atom stereocenters. The Balaban J connectivity index is 1.89. The summed E-state index contributed by atoms with van der Waals surface area (Å²) in [4.78, 5) is 52.8. The van der Waals surface area contributed by atoms with Crippen LogP contribution in [0.4, 0.5) is 4.79 Å². The van der Waals surface area contributed by atoms with Gasteiger partial charge in [0.2, 0.25) is 0 Å². The number of ether oxygens (including phenoxy) is 3. The molecule has 1 aliphatic rings. The van der Waals surface area contributed by atoms with E-state index in [-0.39, 0.29) is 25.2 Å². The largest absolute Gasteiger partial charge is 0.469 e. The third-order valence-electron chi connectivity index (χ3n) is 6.60. The number of Topliss-reactive ketones (excluding diaryl/α,β-unsaturated/α-hetero) is 1. The van der Waals surface area contributed by atoms with E-state index in [0.717, 1.165) is 11.1 Å². The fourth-order valence-corrected chi connectivity index (χ4v) is 4.77. The number of hydrogen-bond donors (Lipinski definition) is 0. The van der Waals surface area contributed by atoms with E-state index < -0.39 is 35.6 Å². The van der Waals surface area contributed by atoms with Gasteiger partial charge in [-0.2, -0.15) is 0 Å². The fraction of sp³-hybridized carbons (Fsp3) is 0.429. The number of benzene rings is 2. The van der Waals surface area contributed by atoms with Gasteiger partial charge in [-0.15, -0.1) is 0 Å². The van der Waals surface area contributed by atoms with Gasteiger partial charge in [-0.3, -0.25) is 19.3 Å². The zero-order valence-corrected chi connectivity index (χ0v) is 21.0. The van der Waals surface area contributed by atoms with Gasteiger partial charge in [0.25, 0.3) is 0 Å². The number of hydrogen-bond acceptors (Lipinski definition) is 7. The highest BCUT2D eigenvalue weighted by Gasteiger charge is 2.51. The molecule has 8 heteroatoms. The second-order valence-electron chi connectivity index (χ2n) is 9.06. The summed E-state index contributed by atoms with van der Waals surface area (Å²) < 4.78 is 15.7. The van der Waals surface area contributed by atoms with Crippen molar-refractivity contribution in [1.29, 1.82) is 0 Å². The lowest BCUT2D eigenvalue weighted by molar-refractivity contribution is -0.160. The monoisotopic (exact) mass is 495 g/mol. The van der Waals surface area contributed by atoms with E-state index in [1.54, 1.807) is 6.92 Å². The van der Waals surface area contributed by atoms with E-state index in [9.17, 15) is 19.2 Å². The summed E-state index contributed by atoms with van der Waals surface area (Å²) in [6.45, 7) is 3.24. The minimum Gasteiger partial charge on any atom is -0.469 e. The Morgan fingerprint density at radius 1 is 0.972 bits per heavy atom. The topological polar surface area (TPSA) is 99.2 Å². The summed E-state index contributed by atoms with van der Waals surface area (Å²) >= 11 is 0. The predicted molar refractivity (Wildman–Crippen MR) is 132 cm³/mol. The van der Waals surface area contributed by atoms with E-state index in [4.69, 9.17) is 14.2 Å². The molecule has 0 aliphatic carbocycles. The molecule has 192 valence electrons. The Morgan fingerprint density at radius 2 is 1.58 bits per heavy atom. The summed E-state index contributed by atoms with van der Waals surface area (Å²) in [5.41, 5.74) is 0.527. The average molecular weight is 496 g/mol. The first-order valence-corrected chi connectivity index (χ1v) is 12.1. The van der Waals surface area contributed by atoms with Crippen LogP contribution in [0.2, 0.25) is 0 Å². The molecule has 36 heavy (non-hydrogen) atoms. The molecule has 0 bridgehead atoms. The fourth-order valence-electron chi connectivity index (χ4n) is 4.77. The minimum absolute atomic E-state index is 0.0834. The van der Waals surface area contributed by atoms with E-state index >= 15 is 0 Å². The number of ketones is 1. The lowest BCUT2D eigenvalue weighted by Gasteiger charge is -2.38. The minimum atomic E-state index is -1.20. The van der Waals surface area contributed by atoms with Gasteiger partial charge >= 0.3 is 18.0 Å². The van der Waals surface area contributed by atoms with Crippen LogP contribution in [0, 0.1) is 5.92 Å². The summed E-state index contributed by atoms with van der Waals surface area (Å²) in [7, 11) is 1.23. The zero-order chi connectivity index (χ0) is 26.1. The SMILES string of the molecule is COC(=O)[C@@H](CC(=O)C1(Cc2ccccc2)CCCN1C(=O)OCc1ccccc1)[C@@H](C)OC(C)=O. The third-order valence-corrected chi connectivity index (χ3v) is 6.60. The second kappa shape index (κ2) is 12.3. The molecule has 1 aliphatic heterocycles. The van der Waals surface area contributed by atoms with Crippen molar-refractivity contribution in [3.63, 3.8) is 0 Å². The second-order valence-corrected chi connectivity index (χ2v) is 9.06. The van der Waals surface area contributed by atoms with Gasteiger partial charge in [0.1, 0.15) is 24.2 Å². The molecular formula is C28H33NO7. The summed E-state index contributed by atoms with van der Waals surface area (Å²) in [5.74, 6) is -2.50. The van der Waals surface area contributed by atoms with Gasteiger partial charge in [-0.05, 0) is 30.9 Å². The number of carbonyl (C=O) groups is 4. The highest BCUT2D eigenvalue weighted by atomic mass is 16.6. The van der Waals surface area contributed by atoms with Crippen LogP contribution in [0.25, 0.3) is 0 Å². The molecule has 2 aromatic carbocycles. The van der Waals surface area contributed by atoms with Gasteiger partial charge in [0.15, 0.2) is 5.78 Å². The first-order valence-electron chi connectivity index (χ1n) is 12.1. The quantitative estimate of drug-likeness (QED) is 0.361. The summed E-state index contributed by atoms with van der Waals surface area (Å²) in [6, 6.07) is 18.8. The number of carbonyl (C=O) groups excluding carboxylic acids is 4. The Bertz CT molecular complexity index is 1060. The van der Waals surface area contributed by atoms with Crippen molar-refractivity contribution in [3.05, 3.63) is 71.8 Å². The van der Waals surface area contributed by atoms with Crippen molar-refractivity contribution in [3.8, 4) is 0 Å². The Hall–Kier alpha value is -3.68. The van der Waals surface area contributed by atoms with Gasteiger partial charge in [0, 0.05) is 26.3 Å². The number of nitrogens with zero attached hydrogens (tertiary/aromatic N) is 1. The molecular weight excluding hydrogens is 462 g/mol. The predicted octanol–water partition coefficient (Wildman–Crippen LogP) is 4.10. The first kappa shape index (κ1) is 26.9.